The number of hydrogen-bond acceptors (Lipinski definition) is 4. The van der Waals surface area contributed by atoms with Gasteiger partial charge >= 0.3 is 0 Å². The van der Waals surface area contributed by atoms with Gasteiger partial charge in [-0.3, -0.25) is 10.1 Å². The summed E-state index contributed by atoms with van der Waals surface area (Å²) in [6, 6.07) is 7.26. The van der Waals surface area contributed by atoms with E-state index >= 15 is 0 Å². The normalized spacial score (nSPS) is 16.8. The topological polar surface area (TPSA) is 51.2 Å². The van der Waals surface area contributed by atoms with Crippen molar-refractivity contribution < 1.29 is 9.53 Å². The number of hydrogen-bond donors (Lipinski definition) is 1. The van der Waals surface area contributed by atoms with Crippen molar-refractivity contribution in [2.75, 3.05) is 11.9 Å². The maximum Gasteiger partial charge on any atom is 0.257 e. The van der Waals surface area contributed by atoms with E-state index in [0.717, 1.165) is 24.3 Å². The monoisotopic (exact) mass is 344 g/mol. The molecule has 128 valence electrons. The van der Waals surface area contributed by atoms with Gasteiger partial charge in [-0.1, -0.05) is 20.8 Å². The van der Waals surface area contributed by atoms with E-state index in [0.29, 0.717) is 29.1 Å². The van der Waals surface area contributed by atoms with Crippen LogP contribution in [0.3, 0.4) is 0 Å². The quantitative estimate of drug-likeness (QED) is 0.865. The van der Waals surface area contributed by atoms with Crippen LogP contribution in [0, 0.1) is 11.8 Å². The molecule has 1 N–H and O–H groups in total. The predicted octanol–water partition coefficient (Wildman–Crippen LogP) is 4.56. The summed E-state index contributed by atoms with van der Waals surface area (Å²) in [5.41, 5.74) is 1.78. The Hall–Kier alpha value is -1.88. The number of anilines is 1. The number of rotatable bonds is 5. The third-order valence-electron chi connectivity index (χ3n) is 4.11. The fourth-order valence-corrected chi connectivity index (χ4v) is 3.89. The highest BCUT2D eigenvalue weighted by Crippen LogP contribution is 2.32. The third-order valence-corrected chi connectivity index (χ3v) is 5.14. The summed E-state index contributed by atoms with van der Waals surface area (Å²) in [4.78, 5) is 18.3. The molecule has 1 amide bonds. The van der Waals surface area contributed by atoms with Gasteiger partial charge in [-0.05, 0) is 55.4 Å². The summed E-state index contributed by atoms with van der Waals surface area (Å²) in [6.45, 7) is 7.16. The van der Waals surface area contributed by atoms with Crippen molar-refractivity contribution in [1.82, 2.24) is 4.98 Å². The van der Waals surface area contributed by atoms with Crippen molar-refractivity contribution in [3.63, 3.8) is 0 Å². The number of aromatic nitrogens is 1. The summed E-state index contributed by atoms with van der Waals surface area (Å²) in [5, 5.41) is 3.64. The number of ether oxygens (including phenoxy) is 1. The molecule has 1 aliphatic carbocycles. The van der Waals surface area contributed by atoms with E-state index in [9.17, 15) is 4.79 Å². The molecule has 1 aromatic heterocycles. The Kier molecular flexibility index (Phi) is 5.19. The largest absolute Gasteiger partial charge is 0.493 e. The minimum Gasteiger partial charge on any atom is -0.493 e. The van der Waals surface area contributed by atoms with Gasteiger partial charge in [0.05, 0.1) is 12.3 Å². The van der Waals surface area contributed by atoms with Crippen LogP contribution in [-0.2, 0) is 12.8 Å². The maximum atomic E-state index is 12.4. The Morgan fingerprint density at radius 3 is 2.83 bits per heavy atom. The van der Waals surface area contributed by atoms with Gasteiger partial charge in [0.2, 0.25) is 0 Å². The predicted molar refractivity (Wildman–Crippen MR) is 98.0 cm³/mol. The number of benzene rings is 1. The second kappa shape index (κ2) is 7.34. The molecule has 3 rings (SSSR count). The van der Waals surface area contributed by atoms with E-state index < -0.39 is 0 Å². The van der Waals surface area contributed by atoms with E-state index in [1.54, 1.807) is 23.5 Å². The smallest absolute Gasteiger partial charge is 0.257 e. The van der Waals surface area contributed by atoms with Crippen molar-refractivity contribution in [2.45, 2.75) is 40.0 Å². The van der Waals surface area contributed by atoms with Gasteiger partial charge < -0.3 is 4.74 Å². The molecule has 1 aromatic carbocycles. The fraction of sp³-hybridized carbons (Fsp3) is 0.474. The van der Waals surface area contributed by atoms with E-state index in [1.807, 2.05) is 12.1 Å². The average molecular weight is 344 g/mol. The Bertz CT molecular complexity index is 707. The first-order valence-electron chi connectivity index (χ1n) is 8.54. The zero-order valence-corrected chi connectivity index (χ0v) is 15.3. The lowest BCUT2D eigenvalue weighted by atomic mass is 9.93. The van der Waals surface area contributed by atoms with E-state index in [1.165, 1.54) is 11.3 Å². The zero-order chi connectivity index (χ0) is 17.1. The molecule has 0 radical (unpaired) electrons. The fourth-order valence-electron chi connectivity index (χ4n) is 2.73. The lowest BCUT2D eigenvalue weighted by Gasteiger charge is -2.15. The molecule has 0 aliphatic heterocycles. The van der Waals surface area contributed by atoms with Gasteiger partial charge in [0.1, 0.15) is 5.75 Å². The number of nitrogens with one attached hydrogen (secondary N) is 1. The van der Waals surface area contributed by atoms with Gasteiger partial charge in [0.15, 0.2) is 5.13 Å². The Morgan fingerprint density at radius 1 is 1.38 bits per heavy atom. The molecular weight excluding hydrogens is 320 g/mol. The second-order valence-electron chi connectivity index (χ2n) is 6.92. The SMILES string of the molecule is CC(C)COc1ccc(C(=O)Nc2nc3c(s2)CC(C)CC3)cc1. The lowest BCUT2D eigenvalue weighted by Crippen LogP contribution is -2.12. The molecule has 4 nitrogen and oxygen atoms in total. The second-order valence-corrected chi connectivity index (χ2v) is 8.00. The standard InChI is InChI=1S/C19H24N2O2S/c1-12(2)11-23-15-7-5-14(6-8-15)18(22)21-19-20-16-9-4-13(3)10-17(16)24-19/h5-8,12-13H,4,9-11H2,1-3H3,(H,20,21,22). The average Bonchev–Trinajstić information content (AvgIpc) is 2.94. The highest BCUT2D eigenvalue weighted by atomic mass is 32.1. The van der Waals surface area contributed by atoms with Crippen LogP contribution in [-0.4, -0.2) is 17.5 Å². The first-order chi connectivity index (χ1) is 11.5. The molecule has 1 heterocycles. The number of amides is 1. The van der Waals surface area contributed by atoms with Crippen molar-refractivity contribution in [2.24, 2.45) is 11.8 Å². The number of aryl methyl sites for hydroxylation is 1. The summed E-state index contributed by atoms with van der Waals surface area (Å²) < 4.78 is 5.64. The van der Waals surface area contributed by atoms with Crippen LogP contribution < -0.4 is 10.1 Å². The zero-order valence-electron chi connectivity index (χ0n) is 14.5. The molecule has 1 atom stereocenters. The van der Waals surface area contributed by atoms with Crippen molar-refractivity contribution in [1.29, 1.82) is 0 Å². The van der Waals surface area contributed by atoms with E-state index in [2.05, 4.69) is 31.1 Å². The molecule has 0 bridgehead atoms. The van der Waals surface area contributed by atoms with Crippen molar-refractivity contribution in [3.05, 3.63) is 40.4 Å². The molecule has 5 heteroatoms. The molecule has 0 fully saturated rings. The summed E-state index contributed by atoms with van der Waals surface area (Å²) >= 11 is 1.61. The molecule has 0 saturated carbocycles. The minimum absolute atomic E-state index is 0.121. The number of fused-ring (bicyclic) bond motifs is 1. The van der Waals surface area contributed by atoms with Crippen LogP contribution in [0.2, 0.25) is 0 Å². The maximum absolute atomic E-state index is 12.4. The van der Waals surface area contributed by atoms with Crippen LogP contribution in [0.25, 0.3) is 0 Å². The van der Waals surface area contributed by atoms with E-state index in [4.69, 9.17) is 4.74 Å². The van der Waals surface area contributed by atoms with Crippen LogP contribution in [0.15, 0.2) is 24.3 Å². The third kappa shape index (κ3) is 4.15. The number of carbonyl (C=O) groups is 1. The minimum atomic E-state index is -0.121. The molecule has 2 aromatic rings. The van der Waals surface area contributed by atoms with E-state index in [-0.39, 0.29) is 5.91 Å². The first kappa shape index (κ1) is 17.0. The summed E-state index contributed by atoms with van der Waals surface area (Å²) in [5.74, 6) is 1.86. The number of thiazole rings is 1. The van der Waals surface area contributed by atoms with Gasteiger partial charge in [-0.2, -0.15) is 0 Å². The number of carbonyl (C=O) groups excluding carboxylic acids is 1. The lowest BCUT2D eigenvalue weighted by molar-refractivity contribution is 0.102. The molecule has 24 heavy (non-hydrogen) atoms. The van der Waals surface area contributed by atoms with Gasteiger partial charge in [-0.25, -0.2) is 4.98 Å². The van der Waals surface area contributed by atoms with Gasteiger partial charge in [-0.15, -0.1) is 11.3 Å². The molecule has 1 unspecified atom stereocenters. The van der Waals surface area contributed by atoms with Crippen LogP contribution >= 0.6 is 11.3 Å². The first-order valence-corrected chi connectivity index (χ1v) is 9.35. The Labute approximate surface area is 147 Å². The highest BCUT2D eigenvalue weighted by molar-refractivity contribution is 7.15. The van der Waals surface area contributed by atoms with Crippen molar-refractivity contribution in [3.8, 4) is 5.75 Å². The molecule has 1 aliphatic rings. The van der Waals surface area contributed by atoms with Crippen LogP contribution in [0.1, 0.15) is 48.1 Å². The van der Waals surface area contributed by atoms with Gasteiger partial charge in [0.25, 0.3) is 5.91 Å². The summed E-state index contributed by atoms with van der Waals surface area (Å²) in [7, 11) is 0. The summed E-state index contributed by atoms with van der Waals surface area (Å²) in [6.07, 6.45) is 3.28. The van der Waals surface area contributed by atoms with Crippen LogP contribution in [0.5, 0.6) is 5.75 Å². The Balaban J connectivity index is 1.62. The molecular formula is C19H24N2O2S. The number of nitrogens with zero attached hydrogens (tertiary/aromatic N) is 1. The molecule has 0 spiro atoms. The van der Waals surface area contributed by atoms with Crippen molar-refractivity contribution >= 4 is 22.4 Å². The van der Waals surface area contributed by atoms with Crippen LogP contribution in [0.4, 0.5) is 5.13 Å². The Morgan fingerprint density at radius 2 is 2.12 bits per heavy atom. The highest BCUT2D eigenvalue weighted by Gasteiger charge is 2.20. The van der Waals surface area contributed by atoms with Gasteiger partial charge in [0, 0.05) is 10.4 Å². The molecule has 0 saturated heterocycles.